The van der Waals surface area contributed by atoms with Crippen molar-refractivity contribution >= 4 is 40.6 Å². The standard InChI is InChI=1S/C34H30N4O4/c1-42-29-19-11-10-18-28(29)35-20-21-36-27-17-9-8-12-24(27)22-34(30(36)23-35)31(39)37(25-13-4-2-5-14-25)33(41)38(32(34)40)26-15-6-3-7-16-26/h2-19,30H,20-23H2,1H3/t30-/m1/s1. The molecule has 0 unspecified atom stereocenters. The van der Waals surface area contributed by atoms with Crippen molar-refractivity contribution in [3.8, 4) is 5.75 Å². The first-order chi connectivity index (χ1) is 20.5. The molecule has 3 heterocycles. The fraction of sp³-hybridized carbons (Fsp3) is 0.206. The van der Waals surface area contributed by atoms with Gasteiger partial charge in [-0.15, -0.1) is 0 Å². The highest BCUT2D eigenvalue weighted by Gasteiger charge is 2.65. The largest absolute Gasteiger partial charge is 0.495 e. The van der Waals surface area contributed by atoms with E-state index in [1.165, 1.54) is 9.80 Å². The van der Waals surface area contributed by atoms with Crippen LogP contribution in [0, 0.1) is 5.41 Å². The van der Waals surface area contributed by atoms with Crippen LogP contribution in [-0.2, 0) is 16.0 Å². The Bertz CT molecular complexity index is 1610. The zero-order valence-corrected chi connectivity index (χ0v) is 23.2. The molecule has 0 saturated carbocycles. The maximum atomic E-state index is 14.9. The lowest BCUT2D eigenvalue weighted by atomic mass is 9.67. The molecular formula is C34H30N4O4. The molecule has 0 aromatic heterocycles. The summed E-state index contributed by atoms with van der Waals surface area (Å²) in [6.45, 7) is 1.66. The minimum Gasteiger partial charge on any atom is -0.495 e. The topological polar surface area (TPSA) is 73.4 Å². The second-order valence-electron chi connectivity index (χ2n) is 10.8. The van der Waals surface area contributed by atoms with E-state index in [2.05, 4.69) is 15.9 Å². The van der Waals surface area contributed by atoms with E-state index in [9.17, 15) is 14.4 Å². The Hall–Kier alpha value is -5.11. The first-order valence-electron chi connectivity index (χ1n) is 14.1. The molecule has 2 saturated heterocycles. The summed E-state index contributed by atoms with van der Waals surface area (Å²) in [5, 5.41) is 0. The highest BCUT2D eigenvalue weighted by atomic mass is 16.5. The Morgan fingerprint density at radius 2 is 1.21 bits per heavy atom. The fourth-order valence-electron chi connectivity index (χ4n) is 6.77. The zero-order chi connectivity index (χ0) is 28.8. The van der Waals surface area contributed by atoms with Crippen molar-refractivity contribution < 1.29 is 19.1 Å². The number of nitrogens with zero attached hydrogens (tertiary/aromatic N) is 4. The average molecular weight is 559 g/mol. The normalized spacial score (nSPS) is 19.5. The van der Waals surface area contributed by atoms with Gasteiger partial charge in [0, 0.05) is 25.3 Å². The number of para-hydroxylation sites is 5. The summed E-state index contributed by atoms with van der Waals surface area (Å²) in [4.78, 5) is 50.7. The quantitative estimate of drug-likeness (QED) is 0.323. The minimum absolute atomic E-state index is 0.182. The van der Waals surface area contributed by atoms with Gasteiger partial charge < -0.3 is 14.5 Å². The first kappa shape index (κ1) is 25.8. The van der Waals surface area contributed by atoms with Gasteiger partial charge in [-0.3, -0.25) is 9.59 Å². The van der Waals surface area contributed by atoms with Crippen molar-refractivity contribution in [3.05, 3.63) is 115 Å². The molecule has 1 atom stereocenters. The van der Waals surface area contributed by atoms with Gasteiger partial charge in [0.2, 0.25) is 0 Å². The summed E-state index contributed by atoms with van der Waals surface area (Å²) in [5.41, 5.74) is 2.14. The molecule has 0 N–H and O–H groups in total. The maximum absolute atomic E-state index is 14.9. The number of benzene rings is 4. The number of carbonyl (C=O) groups excluding carboxylic acids is 3. The van der Waals surface area contributed by atoms with Gasteiger partial charge in [-0.2, -0.15) is 0 Å². The molecule has 0 radical (unpaired) electrons. The Morgan fingerprint density at radius 1 is 0.667 bits per heavy atom. The molecule has 1 spiro atoms. The molecule has 8 nitrogen and oxygen atoms in total. The molecule has 3 aliphatic rings. The number of imide groups is 2. The van der Waals surface area contributed by atoms with Crippen LogP contribution in [0.3, 0.4) is 0 Å². The van der Waals surface area contributed by atoms with E-state index in [0.717, 1.165) is 22.7 Å². The number of carbonyl (C=O) groups is 3. The second-order valence-corrected chi connectivity index (χ2v) is 10.8. The molecule has 0 aliphatic carbocycles. The summed E-state index contributed by atoms with van der Waals surface area (Å²) < 4.78 is 5.68. The summed E-state index contributed by atoms with van der Waals surface area (Å²) in [7, 11) is 1.64. The third-order valence-electron chi connectivity index (χ3n) is 8.73. The Balaban J connectivity index is 1.43. The van der Waals surface area contributed by atoms with Crippen molar-refractivity contribution in [1.82, 2.24) is 0 Å². The van der Waals surface area contributed by atoms with Gasteiger partial charge in [-0.25, -0.2) is 14.6 Å². The monoisotopic (exact) mass is 558 g/mol. The van der Waals surface area contributed by atoms with Gasteiger partial charge in [0.25, 0.3) is 11.8 Å². The molecule has 7 rings (SSSR count). The number of hydrogen-bond donors (Lipinski definition) is 0. The predicted molar refractivity (Wildman–Crippen MR) is 162 cm³/mol. The molecule has 0 bridgehead atoms. The molecular weight excluding hydrogens is 528 g/mol. The third kappa shape index (κ3) is 3.79. The van der Waals surface area contributed by atoms with Gasteiger partial charge in [-0.05, 0) is 54.4 Å². The Labute approximate surface area is 244 Å². The van der Waals surface area contributed by atoms with Gasteiger partial charge in [-0.1, -0.05) is 66.7 Å². The van der Waals surface area contributed by atoms with E-state index in [1.807, 2.05) is 54.6 Å². The highest BCUT2D eigenvalue weighted by Crippen LogP contribution is 2.49. The number of piperazine rings is 1. The molecule has 8 heteroatoms. The van der Waals surface area contributed by atoms with Crippen LogP contribution < -0.4 is 24.3 Å². The van der Waals surface area contributed by atoms with E-state index in [4.69, 9.17) is 4.74 Å². The summed E-state index contributed by atoms with van der Waals surface area (Å²) in [5.74, 6) is -0.269. The number of methoxy groups -OCH3 is 1. The number of barbiturate groups is 1. The van der Waals surface area contributed by atoms with Crippen molar-refractivity contribution in [1.29, 1.82) is 0 Å². The van der Waals surface area contributed by atoms with E-state index >= 15 is 0 Å². The number of urea groups is 1. The fourth-order valence-corrected chi connectivity index (χ4v) is 6.77. The zero-order valence-electron chi connectivity index (χ0n) is 23.2. The van der Waals surface area contributed by atoms with Crippen LogP contribution in [0.5, 0.6) is 5.75 Å². The van der Waals surface area contributed by atoms with Gasteiger partial charge in [0.1, 0.15) is 5.75 Å². The van der Waals surface area contributed by atoms with Crippen molar-refractivity contribution in [2.24, 2.45) is 5.41 Å². The predicted octanol–water partition coefficient (Wildman–Crippen LogP) is 5.13. The Kier molecular flexibility index (Phi) is 6.19. The number of amides is 4. The van der Waals surface area contributed by atoms with Crippen LogP contribution in [-0.4, -0.2) is 50.6 Å². The smallest absolute Gasteiger partial charge is 0.342 e. The SMILES string of the molecule is COc1ccccc1N1CCN2c3ccccc3CC3(C(=O)N(c4ccccc4)C(=O)N(c4ccccc4)C3=O)[C@H]2C1. The summed E-state index contributed by atoms with van der Waals surface area (Å²) in [6, 6.07) is 32.3. The van der Waals surface area contributed by atoms with Crippen molar-refractivity contribution in [3.63, 3.8) is 0 Å². The van der Waals surface area contributed by atoms with Gasteiger partial charge in [0.15, 0.2) is 5.41 Å². The number of rotatable bonds is 4. The van der Waals surface area contributed by atoms with Gasteiger partial charge >= 0.3 is 6.03 Å². The van der Waals surface area contributed by atoms with E-state index in [1.54, 1.807) is 55.6 Å². The van der Waals surface area contributed by atoms with Gasteiger partial charge in [0.05, 0.1) is 30.2 Å². The summed E-state index contributed by atoms with van der Waals surface area (Å²) >= 11 is 0. The lowest BCUT2D eigenvalue weighted by Crippen LogP contribution is -2.76. The van der Waals surface area contributed by atoms with Crippen LogP contribution >= 0.6 is 0 Å². The molecule has 210 valence electrons. The minimum atomic E-state index is -1.56. The number of ether oxygens (including phenoxy) is 1. The maximum Gasteiger partial charge on any atom is 0.342 e. The Morgan fingerprint density at radius 3 is 1.83 bits per heavy atom. The van der Waals surface area contributed by atoms with Crippen LogP contribution in [0.15, 0.2) is 109 Å². The van der Waals surface area contributed by atoms with Crippen molar-refractivity contribution in [2.45, 2.75) is 12.5 Å². The molecule has 3 aliphatic heterocycles. The van der Waals surface area contributed by atoms with E-state index < -0.39 is 29.3 Å². The lowest BCUT2D eigenvalue weighted by molar-refractivity contribution is -0.143. The molecule has 42 heavy (non-hydrogen) atoms. The van der Waals surface area contributed by atoms with Crippen molar-refractivity contribution in [2.75, 3.05) is 46.3 Å². The molecule has 4 aromatic carbocycles. The highest BCUT2D eigenvalue weighted by molar-refractivity contribution is 6.39. The molecule has 4 aromatic rings. The second kappa shape index (κ2) is 10.1. The number of hydrogen-bond acceptors (Lipinski definition) is 6. The average Bonchev–Trinajstić information content (AvgIpc) is 3.04. The van der Waals surface area contributed by atoms with Crippen LogP contribution in [0.25, 0.3) is 0 Å². The molecule has 4 amide bonds. The van der Waals surface area contributed by atoms with E-state index in [0.29, 0.717) is 31.0 Å². The summed E-state index contributed by atoms with van der Waals surface area (Å²) in [6.07, 6.45) is 0.182. The van der Waals surface area contributed by atoms with Crippen LogP contribution in [0.2, 0.25) is 0 Å². The van der Waals surface area contributed by atoms with E-state index in [-0.39, 0.29) is 6.42 Å². The lowest BCUT2D eigenvalue weighted by Gasteiger charge is -2.57. The van der Waals surface area contributed by atoms with Crippen LogP contribution in [0.4, 0.5) is 27.5 Å². The number of fused-ring (bicyclic) bond motifs is 4. The third-order valence-corrected chi connectivity index (χ3v) is 8.73. The molecule has 2 fully saturated rings. The number of anilines is 4. The van der Waals surface area contributed by atoms with Crippen LogP contribution in [0.1, 0.15) is 5.56 Å². The first-order valence-corrected chi connectivity index (χ1v) is 14.1.